The lowest BCUT2D eigenvalue weighted by Crippen LogP contribution is -2.53. The van der Waals surface area contributed by atoms with Crippen molar-refractivity contribution >= 4 is 5.97 Å². The smallest absolute Gasteiger partial charge is 0.333 e. The number of hydrogen-bond acceptors (Lipinski definition) is 3. The highest BCUT2D eigenvalue weighted by Gasteiger charge is 2.50. The third-order valence-electron chi connectivity index (χ3n) is 4.54. The standard InChI is InChI=1S/C15H24O3/c1-4-14(17)8-12-6-5-7-15(9-12,10-14)18-13(16)11(2)3/h12,17H,2,4-10H2,1,3H3. The molecule has 0 aromatic carbocycles. The first-order chi connectivity index (χ1) is 8.38. The molecule has 102 valence electrons. The lowest BCUT2D eigenvalue weighted by molar-refractivity contribution is -0.184. The molecule has 0 radical (unpaired) electrons. The molecule has 2 aliphatic rings. The van der Waals surface area contributed by atoms with Gasteiger partial charge in [0.15, 0.2) is 0 Å². The molecule has 2 saturated carbocycles. The highest BCUT2D eigenvalue weighted by molar-refractivity contribution is 5.87. The molecular formula is C15H24O3. The maximum atomic E-state index is 11.8. The number of ether oxygens (including phenoxy) is 1. The van der Waals surface area contributed by atoms with Gasteiger partial charge in [0.2, 0.25) is 0 Å². The van der Waals surface area contributed by atoms with Crippen molar-refractivity contribution in [1.82, 2.24) is 0 Å². The lowest BCUT2D eigenvalue weighted by Gasteiger charge is -2.50. The second-order valence-corrected chi connectivity index (χ2v) is 6.27. The minimum absolute atomic E-state index is 0.309. The average molecular weight is 252 g/mol. The normalized spacial score (nSPS) is 39.2. The SMILES string of the molecule is C=C(C)C(=O)OC12CCCC(CC(O)(CC)C1)C2. The molecule has 0 amide bonds. The summed E-state index contributed by atoms with van der Waals surface area (Å²) in [5.41, 5.74) is -0.655. The number of hydrogen-bond donors (Lipinski definition) is 1. The quantitative estimate of drug-likeness (QED) is 0.620. The summed E-state index contributed by atoms with van der Waals surface area (Å²) in [5.74, 6) is 0.186. The average Bonchev–Trinajstić information content (AvgIpc) is 2.27. The first-order valence-corrected chi connectivity index (χ1v) is 6.99. The summed E-state index contributed by atoms with van der Waals surface area (Å²) in [6.45, 7) is 7.33. The van der Waals surface area contributed by atoms with Crippen molar-refractivity contribution in [2.45, 2.75) is 70.0 Å². The summed E-state index contributed by atoms with van der Waals surface area (Å²) < 4.78 is 5.71. The Morgan fingerprint density at radius 1 is 1.50 bits per heavy atom. The second kappa shape index (κ2) is 4.69. The van der Waals surface area contributed by atoms with Gasteiger partial charge in [0.25, 0.3) is 0 Å². The first kappa shape index (κ1) is 13.6. The molecule has 3 atom stereocenters. The Morgan fingerprint density at radius 2 is 2.22 bits per heavy atom. The molecule has 2 aliphatic carbocycles. The van der Waals surface area contributed by atoms with Crippen molar-refractivity contribution in [3.63, 3.8) is 0 Å². The number of esters is 1. The van der Waals surface area contributed by atoms with Gasteiger partial charge in [-0.05, 0) is 44.9 Å². The van der Waals surface area contributed by atoms with Gasteiger partial charge in [0.05, 0.1) is 5.60 Å². The van der Waals surface area contributed by atoms with Crippen LogP contribution in [0.1, 0.15) is 58.8 Å². The zero-order chi connectivity index (χ0) is 13.4. The molecular weight excluding hydrogens is 228 g/mol. The third kappa shape index (κ3) is 2.61. The lowest BCUT2D eigenvalue weighted by atomic mass is 9.62. The first-order valence-electron chi connectivity index (χ1n) is 6.99. The number of carbonyl (C=O) groups is 1. The second-order valence-electron chi connectivity index (χ2n) is 6.27. The molecule has 0 aromatic heterocycles. The number of fused-ring (bicyclic) bond motifs is 2. The van der Waals surface area contributed by atoms with Crippen LogP contribution in [0.25, 0.3) is 0 Å². The molecule has 18 heavy (non-hydrogen) atoms. The van der Waals surface area contributed by atoms with Crippen molar-refractivity contribution in [1.29, 1.82) is 0 Å². The monoisotopic (exact) mass is 252 g/mol. The number of carbonyl (C=O) groups excluding carboxylic acids is 1. The summed E-state index contributed by atoms with van der Waals surface area (Å²) >= 11 is 0. The Bertz CT molecular complexity index is 363. The van der Waals surface area contributed by atoms with Crippen LogP contribution >= 0.6 is 0 Å². The van der Waals surface area contributed by atoms with E-state index in [-0.39, 0.29) is 5.97 Å². The van der Waals surface area contributed by atoms with Gasteiger partial charge in [-0.15, -0.1) is 0 Å². The van der Waals surface area contributed by atoms with Gasteiger partial charge in [0, 0.05) is 12.0 Å². The molecule has 0 aromatic rings. The molecule has 0 spiro atoms. The highest BCUT2D eigenvalue weighted by Crippen LogP contribution is 2.50. The predicted octanol–water partition coefficient (Wildman–Crippen LogP) is 2.97. The van der Waals surface area contributed by atoms with E-state index < -0.39 is 11.2 Å². The summed E-state index contributed by atoms with van der Waals surface area (Å²) in [7, 11) is 0. The van der Waals surface area contributed by atoms with Crippen LogP contribution in [0.2, 0.25) is 0 Å². The fourth-order valence-electron chi connectivity index (χ4n) is 3.67. The van der Waals surface area contributed by atoms with Crippen LogP contribution in [0.15, 0.2) is 12.2 Å². The predicted molar refractivity (Wildman–Crippen MR) is 70.1 cm³/mol. The van der Waals surface area contributed by atoms with Crippen LogP contribution in [0, 0.1) is 5.92 Å². The zero-order valence-corrected chi connectivity index (χ0v) is 11.5. The minimum atomic E-state index is -0.654. The molecule has 2 fully saturated rings. The molecule has 0 heterocycles. The Hall–Kier alpha value is -0.830. The van der Waals surface area contributed by atoms with E-state index in [9.17, 15) is 9.90 Å². The number of rotatable bonds is 3. The fourth-order valence-corrected chi connectivity index (χ4v) is 3.67. The summed E-state index contributed by atoms with van der Waals surface area (Å²) in [6, 6.07) is 0. The van der Waals surface area contributed by atoms with E-state index in [1.54, 1.807) is 6.92 Å². The van der Waals surface area contributed by atoms with Crippen molar-refractivity contribution in [2.24, 2.45) is 5.92 Å². The van der Waals surface area contributed by atoms with Crippen LogP contribution in [0.4, 0.5) is 0 Å². The van der Waals surface area contributed by atoms with Gasteiger partial charge in [0.1, 0.15) is 5.60 Å². The van der Waals surface area contributed by atoms with Gasteiger partial charge in [-0.3, -0.25) is 0 Å². The Morgan fingerprint density at radius 3 is 2.83 bits per heavy atom. The molecule has 3 nitrogen and oxygen atoms in total. The van der Waals surface area contributed by atoms with E-state index in [4.69, 9.17) is 4.74 Å². The van der Waals surface area contributed by atoms with E-state index in [1.807, 2.05) is 6.92 Å². The summed E-state index contributed by atoms with van der Waals surface area (Å²) in [5, 5.41) is 10.6. The summed E-state index contributed by atoms with van der Waals surface area (Å²) in [6.07, 6.45) is 6.21. The zero-order valence-electron chi connectivity index (χ0n) is 11.5. The van der Waals surface area contributed by atoms with Crippen molar-refractivity contribution in [3.05, 3.63) is 12.2 Å². The fraction of sp³-hybridized carbons (Fsp3) is 0.800. The molecule has 3 heteroatoms. The molecule has 2 bridgehead atoms. The van der Waals surface area contributed by atoms with Crippen molar-refractivity contribution in [2.75, 3.05) is 0 Å². The molecule has 2 rings (SSSR count). The van der Waals surface area contributed by atoms with Gasteiger partial charge < -0.3 is 9.84 Å². The van der Waals surface area contributed by atoms with E-state index in [2.05, 4.69) is 6.58 Å². The van der Waals surface area contributed by atoms with E-state index >= 15 is 0 Å². The molecule has 1 N–H and O–H groups in total. The maximum Gasteiger partial charge on any atom is 0.333 e. The van der Waals surface area contributed by atoms with Gasteiger partial charge in [-0.25, -0.2) is 4.79 Å². The van der Waals surface area contributed by atoms with E-state index in [1.165, 1.54) is 0 Å². The van der Waals surface area contributed by atoms with Crippen molar-refractivity contribution in [3.8, 4) is 0 Å². The van der Waals surface area contributed by atoms with Crippen LogP contribution in [-0.4, -0.2) is 22.3 Å². The van der Waals surface area contributed by atoms with Crippen LogP contribution in [0.5, 0.6) is 0 Å². The Balaban J connectivity index is 2.18. The summed E-state index contributed by atoms with van der Waals surface area (Å²) in [4.78, 5) is 11.8. The van der Waals surface area contributed by atoms with Crippen LogP contribution in [-0.2, 0) is 9.53 Å². The van der Waals surface area contributed by atoms with Gasteiger partial charge in [-0.1, -0.05) is 19.9 Å². The number of aliphatic hydroxyl groups is 1. The topological polar surface area (TPSA) is 46.5 Å². The molecule has 0 saturated heterocycles. The van der Waals surface area contributed by atoms with E-state index in [0.717, 1.165) is 38.5 Å². The molecule has 0 aliphatic heterocycles. The molecule has 3 unspecified atom stereocenters. The largest absolute Gasteiger partial charge is 0.456 e. The van der Waals surface area contributed by atoms with Crippen LogP contribution < -0.4 is 0 Å². The minimum Gasteiger partial charge on any atom is -0.456 e. The van der Waals surface area contributed by atoms with E-state index in [0.29, 0.717) is 17.9 Å². The van der Waals surface area contributed by atoms with Crippen molar-refractivity contribution < 1.29 is 14.6 Å². The Kier molecular flexibility index (Phi) is 3.54. The Labute approximate surface area is 109 Å². The van der Waals surface area contributed by atoms with Crippen LogP contribution in [0.3, 0.4) is 0 Å². The highest BCUT2D eigenvalue weighted by atomic mass is 16.6. The van der Waals surface area contributed by atoms with Gasteiger partial charge in [-0.2, -0.15) is 0 Å². The van der Waals surface area contributed by atoms with Gasteiger partial charge >= 0.3 is 5.97 Å². The maximum absolute atomic E-state index is 11.8. The third-order valence-corrected chi connectivity index (χ3v) is 4.54.